The van der Waals surface area contributed by atoms with Gasteiger partial charge in [-0.3, -0.25) is 0 Å². The highest BCUT2D eigenvalue weighted by Gasteiger charge is 2.07. The molecular formula is C14H19NS2. The molecule has 0 bridgehead atoms. The average molecular weight is 265 g/mol. The molecule has 0 saturated heterocycles. The van der Waals surface area contributed by atoms with Gasteiger partial charge in [0.25, 0.3) is 0 Å². The van der Waals surface area contributed by atoms with Gasteiger partial charge in [-0.2, -0.15) is 0 Å². The summed E-state index contributed by atoms with van der Waals surface area (Å²) in [5.74, 6) is 1.23. The van der Waals surface area contributed by atoms with E-state index in [4.69, 9.17) is 0 Å². The minimum absolute atomic E-state index is 0.616. The summed E-state index contributed by atoms with van der Waals surface area (Å²) in [6.07, 6.45) is 0. The van der Waals surface area contributed by atoms with Gasteiger partial charge in [0.05, 0.1) is 10.0 Å². The molecule has 2 heterocycles. The molecule has 0 aliphatic carbocycles. The molecule has 0 spiro atoms. The van der Waals surface area contributed by atoms with Crippen molar-refractivity contribution >= 4 is 32.7 Å². The SMILES string of the molecule is CC(C)c1ccc(Nc2ccc(C(C)C)s2)s1. The maximum Gasteiger partial charge on any atom is 0.0935 e. The molecule has 2 aromatic rings. The van der Waals surface area contributed by atoms with Gasteiger partial charge < -0.3 is 5.32 Å². The van der Waals surface area contributed by atoms with Gasteiger partial charge in [0.15, 0.2) is 0 Å². The highest BCUT2D eigenvalue weighted by Crippen LogP contribution is 2.34. The number of hydrogen-bond donors (Lipinski definition) is 1. The van der Waals surface area contributed by atoms with E-state index in [2.05, 4.69) is 57.3 Å². The van der Waals surface area contributed by atoms with E-state index in [0.717, 1.165) is 0 Å². The summed E-state index contributed by atoms with van der Waals surface area (Å²) < 4.78 is 0. The van der Waals surface area contributed by atoms with Crippen molar-refractivity contribution in [2.75, 3.05) is 5.32 Å². The van der Waals surface area contributed by atoms with Crippen LogP contribution in [-0.2, 0) is 0 Å². The van der Waals surface area contributed by atoms with Crippen LogP contribution in [0.25, 0.3) is 0 Å². The summed E-state index contributed by atoms with van der Waals surface area (Å²) in [7, 11) is 0. The zero-order chi connectivity index (χ0) is 12.4. The van der Waals surface area contributed by atoms with Crippen molar-refractivity contribution < 1.29 is 0 Å². The van der Waals surface area contributed by atoms with Crippen LogP contribution < -0.4 is 5.32 Å². The van der Waals surface area contributed by atoms with E-state index in [9.17, 15) is 0 Å². The molecule has 0 aromatic carbocycles. The molecular weight excluding hydrogens is 246 g/mol. The molecule has 3 heteroatoms. The smallest absolute Gasteiger partial charge is 0.0935 e. The molecule has 0 aliphatic heterocycles. The van der Waals surface area contributed by atoms with Crippen molar-refractivity contribution in [2.45, 2.75) is 39.5 Å². The molecule has 1 nitrogen and oxygen atoms in total. The molecule has 0 atom stereocenters. The van der Waals surface area contributed by atoms with Crippen molar-refractivity contribution in [2.24, 2.45) is 0 Å². The molecule has 0 fully saturated rings. The lowest BCUT2D eigenvalue weighted by atomic mass is 10.2. The van der Waals surface area contributed by atoms with Gasteiger partial charge in [0.1, 0.15) is 0 Å². The quantitative estimate of drug-likeness (QED) is 0.736. The number of nitrogens with one attached hydrogen (secondary N) is 1. The van der Waals surface area contributed by atoms with E-state index < -0.39 is 0 Å². The molecule has 0 amide bonds. The van der Waals surface area contributed by atoms with E-state index in [1.54, 1.807) is 0 Å². The predicted octanol–water partition coefficient (Wildman–Crippen LogP) is 5.80. The van der Waals surface area contributed by atoms with Crippen LogP contribution in [0.3, 0.4) is 0 Å². The third-order valence-corrected chi connectivity index (χ3v) is 5.24. The highest BCUT2D eigenvalue weighted by atomic mass is 32.1. The lowest BCUT2D eigenvalue weighted by Crippen LogP contribution is -1.82. The molecule has 2 aromatic heterocycles. The third kappa shape index (κ3) is 3.11. The Balaban J connectivity index is 2.08. The van der Waals surface area contributed by atoms with Crippen LogP contribution in [0.5, 0.6) is 0 Å². The van der Waals surface area contributed by atoms with Gasteiger partial charge in [-0.15, -0.1) is 22.7 Å². The fourth-order valence-corrected chi connectivity index (χ4v) is 3.49. The first-order valence-corrected chi connectivity index (χ1v) is 7.66. The largest absolute Gasteiger partial charge is 0.339 e. The van der Waals surface area contributed by atoms with Crippen LogP contribution in [-0.4, -0.2) is 0 Å². The Hall–Kier alpha value is -0.800. The second-order valence-corrected chi connectivity index (χ2v) is 7.07. The number of rotatable bonds is 4. The van der Waals surface area contributed by atoms with Crippen LogP contribution in [0.15, 0.2) is 24.3 Å². The Morgan fingerprint density at radius 3 is 1.47 bits per heavy atom. The minimum atomic E-state index is 0.616. The average Bonchev–Trinajstić information content (AvgIpc) is 2.87. The zero-order valence-electron chi connectivity index (χ0n) is 10.8. The molecule has 0 aliphatic rings. The zero-order valence-corrected chi connectivity index (χ0v) is 12.4. The van der Waals surface area contributed by atoms with E-state index in [0.29, 0.717) is 11.8 Å². The maximum absolute atomic E-state index is 3.49. The fraction of sp³-hybridized carbons (Fsp3) is 0.429. The summed E-state index contributed by atoms with van der Waals surface area (Å²) in [5.41, 5.74) is 0. The topological polar surface area (TPSA) is 12.0 Å². The highest BCUT2D eigenvalue weighted by molar-refractivity contribution is 7.18. The van der Waals surface area contributed by atoms with E-state index in [1.807, 2.05) is 22.7 Å². The van der Waals surface area contributed by atoms with Crippen LogP contribution in [0.1, 0.15) is 49.3 Å². The van der Waals surface area contributed by atoms with Crippen molar-refractivity contribution in [3.8, 4) is 0 Å². The molecule has 2 rings (SSSR count). The summed E-state index contributed by atoms with van der Waals surface area (Å²) in [6, 6.07) is 8.78. The van der Waals surface area contributed by atoms with Crippen molar-refractivity contribution in [1.82, 2.24) is 0 Å². The minimum Gasteiger partial charge on any atom is -0.339 e. The van der Waals surface area contributed by atoms with Gasteiger partial charge in [-0.05, 0) is 36.1 Å². The monoisotopic (exact) mass is 265 g/mol. The summed E-state index contributed by atoms with van der Waals surface area (Å²) >= 11 is 3.70. The first-order valence-electron chi connectivity index (χ1n) is 6.02. The standard InChI is InChI=1S/C14H19NS2/c1-9(2)11-5-7-13(16-11)15-14-8-6-12(17-14)10(3)4/h5-10,15H,1-4H3. The Bertz CT molecular complexity index is 436. The Morgan fingerprint density at radius 1 is 0.765 bits per heavy atom. The molecule has 0 radical (unpaired) electrons. The number of anilines is 2. The lowest BCUT2D eigenvalue weighted by molar-refractivity contribution is 0.890. The van der Waals surface area contributed by atoms with Crippen molar-refractivity contribution in [3.05, 3.63) is 34.0 Å². The summed E-state index contributed by atoms with van der Waals surface area (Å²) in [4.78, 5) is 2.88. The molecule has 0 unspecified atom stereocenters. The molecule has 92 valence electrons. The van der Waals surface area contributed by atoms with Crippen molar-refractivity contribution in [1.29, 1.82) is 0 Å². The van der Waals surface area contributed by atoms with Crippen LogP contribution in [0.2, 0.25) is 0 Å². The molecule has 17 heavy (non-hydrogen) atoms. The normalized spacial score (nSPS) is 11.4. The van der Waals surface area contributed by atoms with Crippen molar-refractivity contribution in [3.63, 3.8) is 0 Å². The van der Waals surface area contributed by atoms with E-state index >= 15 is 0 Å². The van der Waals surface area contributed by atoms with Gasteiger partial charge in [-0.25, -0.2) is 0 Å². The lowest BCUT2D eigenvalue weighted by Gasteiger charge is -2.01. The number of thiophene rings is 2. The summed E-state index contributed by atoms with van der Waals surface area (Å²) in [6.45, 7) is 8.94. The van der Waals surface area contributed by atoms with Crippen LogP contribution in [0, 0.1) is 0 Å². The third-order valence-electron chi connectivity index (χ3n) is 2.64. The fourth-order valence-electron chi connectivity index (χ4n) is 1.58. The van der Waals surface area contributed by atoms with Gasteiger partial charge in [0, 0.05) is 9.75 Å². The molecule has 1 N–H and O–H groups in total. The van der Waals surface area contributed by atoms with Gasteiger partial charge >= 0.3 is 0 Å². The van der Waals surface area contributed by atoms with Crippen LogP contribution >= 0.6 is 22.7 Å². The van der Waals surface area contributed by atoms with Gasteiger partial charge in [0.2, 0.25) is 0 Å². The Kier molecular flexibility index (Phi) is 3.89. The molecule has 0 saturated carbocycles. The summed E-state index contributed by atoms with van der Waals surface area (Å²) in [5, 5.41) is 5.97. The van der Waals surface area contributed by atoms with Gasteiger partial charge in [-0.1, -0.05) is 27.7 Å². The predicted molar refractivity (Wildman–Crippen MR) is 80.1 cm³/mol. The Morgan fingerprint density at radius 2 is 1.18 bits per heavy atom. The first kappa shape index (κ1) is 12.7. The maximum atomic E-state index is 3.49. The first-order chi connectivity index (χ1) is 8.06. The number of hydrogen-bond acceptors (Lipinski definition) is 3. The second kappa shape index (κ2) is 5.23. The second-order valence-electron chi connectivity index (χ2n) is 4.84. The van der Waals surface area contributed by atoms with E-state index in [-0.39, 0.29) is 0 Å². The van der Waals surface area contributed by atoms with Crippen LogP contribution in [0.4, 0.5) is 10.0 Å². The van der Waals surface area contributed by atoms with E-state index in [1.165, 1.54) is 19.8 Å². The Labute approximate surface area is 112 Å².